The zero-order valence-electron chi connectivity index (χ0n) is 9.81. The van der Waals surface area contributed by atoms with Gasteiger partial charge in [-0.1, -0.05) is 0 Å². The Bertz CT molecular complexity index is 339. The van der Waals surface area contributed by atoms with Crippen molar-refractivity contribution in [2.24, 2.45) is 5.92 Å². The molecule has 1 aliphatic heterocycles. The minimum absolute atomic E-state index is 0.0859. The lowest BCUT2D eigenvalue weighted by atomic mass is 10.0. The van der Waals surface area contributed by atoms with E-state index in [1.807, 2.05) is 0 Å². The molecule has 1 heterocycles. The number of piperidine rings is 1. The van der Waals surface area contributed by atoms with Crippen molar-refractivity contribution in [3.05, 3.63) is 0 Å². The molecule has 94 valence electrons. The van der Waals surface area contributed by atoms with Crippen molar-refractivity contribution in [2.45, 2.75) is 26.7 Å². The van der Waals surface area contributed by atoms with Gasteiger partial charge in [0.15, 0.2) is 0 Å². The highest BCUT2D eigenvalue weighted by Crippen LogP contribution is 2.20. The number of hydrogen-bond acceptors (Lipinski definition) is 4. The van der Waals surface area contributed by atoms with Crippen LogP contribution >= 0.6 is 0 Å². The summed E-state index contributed by atoms with van der Waals surface area (Å²) in [7, 11) is -3.18. The summed E-state index contributed by atoms with van der Waals surface area (Å²) in [5.74, 6) is -0.490. The number of ether oxygens (including phenoxy) is 1. The molecule has 0 aliphatic carbocycles. The van der Waals surface area contributed by atoms with Crippen LogP contribution in [0.4, 0.5) is 0 Å². The highest BCUT2D eigenvalue weighted by Gasteiger charge is 2.31. The fourth-order valence-electron chi connectivity index (χ4n) is 1.83. The van der Waals surface area contributed by atoms with Crippen LogP contribution in [0.3, 0.4) is 0 Å². The maximum absolute atomic E-state index is 11.7. The third-order valence-electron chi connectivity index (χ3n) is 2.76. The molecule has 0 aromatic rings. The van der Waals surface area contributed by atoms with E-state index in [0.29, 0.717) is 19.6 Å². The Labute approximate surface area is 96.8 Å². The van der Waals surface area contributed by atoms with E-state index in [1.54, 1.807) is 13.8 Å². The first-order chi connectivity index (χ1) is 7.51. The number of nitrogens with zero attached hydrogens (tertiary/aromatic N) is 1. The molecular weight excluding hydrogens is 230 g/mol. The third kappa shape index (κ3) is 3.18. The number of rotatable bonds is 4. The Morgan fingerprint density at radius 2 is 2.12 bits per heavy atom. The molecule has 0 spiro atoms. The Morgan fingerprint density at radius 3 is 2.69 bits per heavy atom. The monoisotopic (exact) mass is 249 g/mol. The maximum Gasteiger partial charge on any atom is 0.310 e. The molecule has 0 radical (unpaired) electrons. The van der Waals surface area contributed by atoms with Crippen molar-refractivity contribution in [3.8, 4) is 0 Å². The molecule has 0 aromatic heterocycles. The summed E-state index contributed by atoms with van der Waals surface area (Å²) in [6.45, 7) is 4.50. The highest BCUT2D eigenvalue weighted by atomic mass is 32.2. The van der Waals surface area contributed by atoms with Crippen LogP contribution in [0.5, 0.6) is 0 Å². The molecule has 5 nitrogen and oxygen atoms in total. The summed E-state index contributed by atoms with van der Waals surface area (Å²) in [6, 6.07) is 0. The summed E-state index contributed by atoms with van der Waals surface area (Å²) < 4.78 is 29.6. The highest BCUT2D eigenvalue weighted by molar-refractivity contribution is 7.89. The standard InChI is InChI=1S/C10H19NO4S/c1-3-15-10(12)9-6-5-7-11(8-9)16(13,14)4-2/h9H,3-8H2,1-2H3/t9-/m0/s1. The van der Waals surface area contributed by atoms with Gasteiger partial charge in [0.05, 0.1) is 18.3 Å². The molecule has 1 atom stereocenters. The smallest absolute Gasteiger partial charge is 0.310 e. The lowest BCUT2D eigenvalue weighted by Crippen LogP contribution is -2.43. The molecule has 0 aromatic carbocycles. The lowest BCUT2D eigenvalue weighted by molar-refractivity contribution is -0.149. The fourth-order valence-corrected chi connectivity index (χ4v) is 3.01. The van der Waals surface area contributed by atoms with Gasteiger partial charge in [-0.25, -0.2) is 12.7 Å². The van der Waals surface area contributed by atoms with Gasteiger partial charge < -0.3 is 4.74 Å². The van der Waals surface area contributed by atoms with Gasteiger partial charge in [-0.15, -0.1) is 0 Å². The minimum atomic E-state index is -3.18. The average molecular weight is 249 g/mol. The van der Waals surface area contributed by atoms with Gasteiger partial charge >= 0.3 is 5.97 Å². The van der Waals surface area contributed by atoms with Crippen molar-refractivity contribution < 1.29 is 17.9 Å². The van der Waals surface area contributed by atoms with E-state index < -0.39 is 10.0 Å². The number of carbonyl (C=O) groups excluding carboxylic acids is 1. The predicted molar refractivity (Wildman–Crippen MR) is 60.4 cm³/mol. The number of esters is 1. The van der Waals surface area contributed by atoms with Crippen LogP contribution in [0.25, 0.3) is 0 Å². The van der Waals surface area contributed by atoms with Crippen molar-refractivity contribution in [1.82, 2.24) is 4.31 Å². The largest absolute Gasteiger partial charge is 0.466 e. The molecule has 0 saturated carbocycles. The van der Waals surface area contributed by atoms with Crippen molar-refractivity contribution in [2.75, 3.05) is 25.4 Å². The van der Waals surface area contributed by atoms with Gasteiger partial charge in [0, 0.05) is 13.1 Å². The van der Waals surface area contributed by atoms with Crippen LogP contribution < -0.4 is 0 Å². The summed E-state index contributed by atoms with van der Waals surface area (Å²) in [6.07, 6.45) is 1.44. The van der Waals surface area contributed by atoms with E-state index in [0.717, 1.165) is 6.42 Å². The molecule has 6 heteroatoms. The second-order valence-electron chi connectivity index (χ2n) is 3.85. The Hall–Kier alpha value is -0.620. The van der Waals surface area contributed by atoms with Crippen molar-refractivity contribution in [3.63, 3.8) is 0 Å². The van der Waals surface area contributed by atoms with E-state index in [9.17, 15) is 13.2 Å². The van der Waals surface area contributed by atoms with Crippen LogP contribution in [0.2, 0.25) is 0 Å². The molecule has 0 bridgehead atoms. The molecule has 1 aliphatic rings. The average Bonchev–Trinajstić information content (AvgIpc) is 2.29. The number of sulfonamides is 1. The molecule has 0 N–H and O–H groups in total. The summed E-state index contributed by atoms with van der Waals surface area (Å²) in [5, 5.41) is 0. The van der Waals surface area contributed by atoms with Crippen LogP contribution in [-0.2, 0) is 19.6 Å². The number of carbonyl (C=O) groups is 1. The van der Waals surface area contributed by atoms with Gasteiger partial charge in [-0.2, -0.15) is 0 Å². The quantitative estimate of drug-likeness (QED) is 0.685. The summed E-state index contributed by atoms with van der Waals surface area (Å²) >= 11 is 0. The topological polar surface area (TPSA) is 63.7 Å². The van der Waals surface area contributed by atoms with E-state index >= 15 is 0 Å². The van der Waals surface area contributed by atoms with Gasteiger partial charge in [-0.3, -0.25) is 4.79 Å². The molecule has 1 fully saturated rings. The molecule has 0 unspecified atom stereocenters. The van der Waals surface area contributed by atoms with E-state index in [2.05, 4.69) is 0 Å². The summed E-state index contributed by atoms with van der Waals surface area (Å²) in [5.41, 5.74) is 0. The second-order valence-corrected chi connectivity index (χ2v) is 6.11. The predicted octanol–water partition coefficient (Wildman–Crippen LogP) is 0.611. The maximum atomic E-state index is 11.7. The second kappa shape index (κ2) is 5.63. The third-order valence-corrected chi connectivity index (χ3v) is 4.61. The fraction of sp³-hybridized carbons (Fsp3) is 0.900. The van der Waals surface area contributed by atoms with Crippen LogP contribution in [-0.4, -0.2) is 44.1 Å². The first kappa shape index (κ1) is 13.4. The number of hydrogen-bond donors (Lipinski definition) is 0. The zero-order chi connectivity index (χ0) is 12.2. The molecular formula is C10H19NO4S. The Kier molecular flexibility index (Phi) is 4.73. The lowest BCUT2D eigenvalue weighted by Gasteiger charge is -2.30. The van der Waals surface area contributed by atoms with Gasteiger partial charge in [0.1, 0.15) is 0 Å². The molecule has 1 rings (SSSR count). The molecule has 1 saturated heterocycles. The van der Waals surface area contributed by atoms with Gasteiger partial charge in [-0.05, 0) is 26.7 Å². The van der Waals surface area contributed by atoms with Crippen LogP contribution in [0.15, 0.2) is 0 Å². The van der Waals surface area contributed by atoms with Gasteiger partial charge in [0.25, 0.3) is 0 Å². The summed E-state index contributed by atoms with van der Waals surface area (Å²) in [4.78, 5) is 11.5. The zero-order valence-corrected chi connectivity index (χ0v) is 10.6. The SMILES string of the molecule is CCOC(=O)[C@H]1CCCN(S(=O)(=O)CC)C1. The van der Waals surface area contributed by atoms with E-state index in [-0.39, 0.29) is 24.2 Å². The molecule has 16 heavy (non-hydrogen) atoms. The van der Waals surface area contributed by atoms with E-state index in [1.165, 1.54) is 4.31 Å². The van der Waals surface area contributed by atoms with Crippen molar-refractivity contribution in [1.29, 1.82) is 0 Å². The van der Waals surface area contributed by atoms with Crippen LogP contribution in [0, 0.1) is 5.92 Å². The minimum Gasteiger partial charge on any atom is -0.466 e. The van der Waals surface area contributed by atoms with Gasteiger partial charge in [0.2, 0.25) is 10.0 Å². The Balaban J connectivity index is 2.64. The first-order valence-corrected chi connectivity index (χ1v) is 7.26. The van der Waals surface area contributed by atoms with Crippen molar-refractivity contribution >= 4 is 16.0 Å². The molecule has 0 amide bonds. The van der Waals surface area contributed by atoms with Crippen LogP contribution in [0.1, 0.15) is 26.7 Å². The normalized spacial score (nSPS) is 23.0. The first-order valence-electron chi connectivity index (χ1n) is 5.65. The van der Waals surface area contributed by atoms with E-state index in [4.69, 9.17) is 4.74 Å². The Morgan fingerprint density at radius 1 is 1.44 bits per heavy atom.